The molecular formula is C16H28N2. The van der Waals surface area contributed by atoms with E-state index in [9.17, 15) is 0 Å². The zero-order valence-corrected chi connectivity index (χ0v) is 12.3. The van der Waals surface area contributed by atoms with Gasteiger partial charge in [0, 0.05) is 12.0 Å². The van der Waals surface area contributed by atoms with Gasteiger partial charge in [-0.2, -0.15) is 0 Å². The molecule has 0 saturated carbocycles. The molecule has 0 amide bonds. The third kappa shape index (κ3) is 4.79. The summed E-state index contributed by atoms with van der Waals surface area (Å²) in [5.74, 6) is 0.611. The summed E-state index contributed by atoms with van der Waals surface area (Å²) in [6.07, 6.45) is 1.15. The Morgan fingerprint density at radius 2 is 1.83 bits per heavy atom. The number of nitrogens with two attached hydrogens (primary N) is 1. The van der Waals surface area contributed by atoms with Crippen LogP contribution in [-0.2, 0) is 5.41 Å². The Bertz CT molecular complexity index is 341. The standard InChI is InChI=1S/C16H28N2/c1-13-5-7-15(8-6-13)16(3,4)12-18-10-9-14(2)11-17/h5-8,14,18H,9-12,17H2,1-4H3. The van der Waals surface area contributed by atoms with E-state index in [1.807, 2.05) is 0 Å². The van der Waals surface area contributed by atoms with Crippen molar-refractivity contribution in [1.29, 1.82) is 0 Å². The minimum Gasteiger partial charge on any atom is -0.330 e. The first-order chi connectivity index (χ1) is 8.45. The van der Waals surface area contributed by atoms with Gasteiger partial charge in [-0.05, 0) is 37.9 Å². The predicted molar refractivity (Wildman–Crippen MR) is 79.9 cm³/mol. The van der Waals surface area contributed by atoms with E-state index in [0.29, 0.717) is 5.92 Å². The summed E-state index contributed by atoms with van der Waals surface area (Å²) in [4.78, 5) is 0. The Kier molecular flexibility index (Phi) is 5.83. The summed E-state index contributed by atoms with van der Waals surface area (Å²) < 4.78 is 0. The number of rotatable bonds is 7. The smallest absolute Gasteiger partial charge is 0.00431 e. The highest BCUT2D eigenvalue weighted by Gasteiger charge is 2.19. The predicted octanol–water partition coefficient (Wildman–Crippen LogP) is 2.85. The Morgan fingerprint density at radius 1 is 1.22 bits per heavy atom. The Labute approximate surface area is 112 Å². The molecule has 102 valence electrons. The fourth-order valence-electron chi connectivity index (χ4n) is 1.97. The van der Waals surface area contributed by atoms with Crippen LogP contribution < -0.4 is 11.1 Å². The average Bonchev–Trinajstić information content (AvgIpc) is 2.35. The van der Waals surface area contributed by atoms with Crippen LogP contribution in [0.3, 0.4) is 0 Å². The Morgan fingerprint density at radius 3 is 2.39 bits per heavy atom. The lowest BCUT2D eigenvalue weighted by atomic mass is 9.84. The summed E-state index contributed by atoms with van der Waals surface area (Å²) in [5, 5.41) is 3.55. The van der Waals surface area contributed by atoms with E-state index < -0.39 is 0 Å². The maximum atomic E-state index is 5.62. The van der Waals surface area contributed by atoms with E-state index in [-0.39, 0.29) is 5.41 Å². The first-order valence-electron chi connectivity index (χ1n) is 6.93. The number of benzene rings is 1. The normalized spacial score (nSPS) is 13.6. The Hall–Kier alpha value is -0.860. The van der Waals surface area contributed by atoms with Gasteiger partial charge < -0.3 is 11.1 Å². The third-order valence-electron chi connectivity index (χ3n) is 3.62. The number of aryl methyl sites for hydroxylation is 1. The van der Waals surface area contributed by atoms with Crippen LogP contribution in [0.1, 0.15) is 38.3 Å². The molecule has 18 heavy (non-hydrogen) atoms. The highest BCUT2D eigenvalue weighted by atomic mass is 14.9. The molecule has 1 aromatic carbocycles. The average molecular weight is 248 g/mol. The quantitative estimate of drug-likeness (QED) is 0.728. The van der Waals surface area contributed by atoms with Gasteiger partial charge in [-0.1, -0.05) is 50.6 Å². The monoisotopic (exact) mass is 248 g/mol. The summed E-state index contributed by atoms with van der Waals surface area (Å²) in [5.41, 5.74) is 8.51. The van der Waals surface area contributed by atoms with Crippen LogP contribution in [0.2, 0.25) is 0 Å². The van der Waals surface area contributed by atoms with E-state index in [1.165, 1.54) is 11.1 Å². The van der Waals surface area contributed by atoms with Gasteiger partial charge in [-0.3, -0.25) is 0 Å². The summed E-state index contributed by atoms with van der Waals surface area (Å²) in [6, 6.07) is 8.85. The summed E-state index contributed by atoms with van der Waals surface area (Å²) in [7, 11) is 0. The van der Waals surface area contributed by atoms with Gasteiger partial charge in [-0.25, -0.2) is 0 Å². The minimum atomic E-state index is 0.180. The van der Waals surface area contributed by atoms with Gasteiger partial charge in [0.15, 0.2) is 0 Å². The fourth-order valence-corrected chi connectivity index (χ4v) is 1.97. The SMILES string of the molecule is Cc1ccc(C(C)(C)CNCCC(C)CN)cc1. The lowest BCUT2D eigenvalue weighted by Crippen LogP contribution is -2.34. The molecule has 0 aliphatic rings. The molecule has 0 aromatic heterocycles. The molecule has 0 bridgehead atoms. The van der Waals surface area contributed by atoms with Gasteiger partial charge in [0.25, 0.3) is 0 Å². The van der Waals surface area contributed by atoms with Gasteiger partial charge in [0.2, 0.25) is 0 Å². The van der Waals surface area contributed by atoms with Gasteiger partial charge in [0.05, 0.1) is 0 Å². The summed E-state index contributed by atoms with van der Waals surface area (Å²) in [6.45, 7) is 11.7. The van der Waals surface area contributed by atoms with E-state index >= 15 is 0 Å². The second-order valence-corrected chi connectivity index (χ2v) is 6.06. The van der Waals surface area contributed by atoms with Crippen molar-refractivity contribution in [1.82, 2.24) is 5.32 Å². The molecule has 0 fully saturated rings. The molecule has 0 aliphatic heterocycles. The molecule has 0 spiro atoms. The van der Waals surface area contributed by atoms with Crippen LogP contribution in [-0.4, -0.2) is 19.6 Å². The maximum absolute atomic E-state index is 5.62. The van der Waals surface area contributed by atoms with Crippen molar-refractivity contribution in [2.75, 3.05) is 19.6 Å². The first-order valence-corrected chi connectivity index (χ1v) is 6.93. The lowest BCUT2D eigenvalue weighted by Gasteiger charge is -2.26. The minimum absolute atomic E-state index is 0.180. The van der Waals surface area contributed by atoms with Crippen molar-refractivity contribution in [3.05, 3.63) is 35.4 Å². The van der Waals surface area contributed by atoms with Crippen LogP contribution in [0, 0.1) is 12.8 Å². The van der Waals surface area contributed by atoms with Crippen LogP contribution >= 0.6 is 0 Å². The third-order valence-corrected chi connectivity index (χ3v) is 3.62. The molecule has 2 nitrogen and oxygen atoms in total. The molecular weight excluding hydrogens is 220 g/mol. The van der Waals surface area contributed by atoms with Gasteiger partial charge >= 0.3 is 0 Å². The largest absolute Gasteiger partial charge is 0.330 e. The van der Waals surface area contributed by atoms with Crippen molar-refractivity contribution in [2.24, 2.45) is 11.7 Å². The van der Waals surface area contributed by atoms with E-state index in [0.717, 1.165) is 26.1 Å². The lowest BCUT2D eigenvalue weighted by molar-refractivity contribution is 0.441. The van der Waals surface area contributed by atoms with Gasteiger partial charge in [-0.15, -0.1) is 0 Å². The molecule has 0 radical (unpaired) electrons. The molecule has 0 saturated heterocycles. The highest BCUT2D eigenvalue weighted by molar-refractivity contribution is 5.27. The molecule has 3 N–H and O–H groups in total. The van der Waals surface area contributed by atoms with E-state index in [2.05, 4.69) is 57.3 Å². The first kappa shape index (κ1) is 15.2. The van der Waals surface area contributed by atoms with Crippen molar-refractivity contribution >= 4 is 0 Å². The van der Waals surface area contributed by atoms with Crippen molar-refractivity contribution in [3.8, 4) is 0 Å². The number of hydrogen-bond acceptors (Lipinski definition) is 2. The zero-order valence-electron chi connectivity index (χ0n) is 12.3. The number of hydrogen-bond donors (Lipinski definition) is 2. The van der Waals surface area contributed by atoms with Crippen molar-refractivity contribution in [2.45, 2.75) is 39.5 Å². The zero-order chi connectivity index (χ0) is 13.6. The Balaban J connectivity index is 2.42. The molecule has 1 unspecified atom stereocenters. The molecule has 1 atom stereocenters. The van der Waals surface area contributed by atoms with Crippen LogP contribution in [0.15, 0.2) is 24.3 Å². The fraction of sp³-hybridized carbons (Fsp3) is 0.625. The van der Waals surface area contributed by atoms with Crippen molar-refractivity contribution in [3.63, 3.8) is 0 Å². The second kappa shape index (κ2) is 6.91. The van der Waals surface area contributed by atoms with E-state index in [4.69, 9.17) is 5.73 Å². The molecule has 1 aromatic rings. The van der Waals surface area contributed by atoms with Gasteiger partial charge in [0.1, 0.15) is 0 Å². The molecule has 1 rings (SSSR count). The van der Waals surface area contributed by atoms with E-state index in [1.54, 1.807) is 0 Å². The second-order valence-electron chi connectivity index (χ2n) is 6.06. The molecule has 0 aliphatic carbocycles. The molecule has 2 heteroatoms. The topological polar surface area (TPSA) is 38.0 Å². The molecule has 0 heterocycles. The maximum Gasteiger partial charge on any atom is 0.00431 e. The summed E-state index contributed by atoms with van der Waals surface area (Å²) >= 11 is 0. The van der Waals surface area contributed by atoms with Crippen LogP contribution in [0.5, 0.6) is 0 Å². The van der Waals surface area contributed by atoms with Crippen molar-refractivity contribution < 1.29 is 0 Å². The highest BCUT2D eigenvalue weighted by Crippen LogP contribution is 2.22. The number of nitrogens with one attached hydrogen (secondary N) is 1. The van der Waals surface area contributed by atoms with Crippen LogP contribution in [0.4, 0.5) is 0 Å². The van der Waals surface area contributed by atoms with Crippen LogP contribution in [0.25, 0.3) is 0 Å².